The van der Waals surface area contributed by atoms with Crippen LogP contribution in [0, 0.1) is 0 Å². The largest absolute Gasteiger partial charge is 0.0683 e. The van der Waals surface area contributed by atoms with E-state index in [1.54, 1.807) is 0 Å². The van der Waals surface area contributed by atoms with E-state index in [0.717, 1.165) is 0 Å². The summed E-state index contributed by atoms with van der Waals surface area (Å²) in [7, 11) is 0. The van der Waals surface area contributed by atoms with E-state index in [1.807, 2.05) is 13.8 Å². The standard InChI is InChI=1S/C25H52.C2H6/c1-3-5-7-9-11-13-15-17-19-21-23-25-24-22-20-18-16-14-12-10-8-6-4-2;1-2/h3-25H2,1-2H3;1-2H3. The molecule has 0 saturated heterocycles. The molecule has 0 atom stereocenters. The first-order chi connectivity index (χ1) is 13.4. The molecule has 0 radical (unpaired) electrons. The first kappa shape index (κ1) is 29.2. The molecule has 166 valence electrons. The first-order valence-corrected chi connectivity index (χ1v) is 13.4. The van der Waals surface area contributed by atoms with Crippen LogP contribution in [0.25, 0.3) is 0 Å². The Morgan fingerprint density at radius 2 is 0.333 bits per heavy atom. The van der Waals surface area contributed by atoms with E-state index < -0.39 is 0 Å². The molecule has 0 aromatic rings. The van der Waals surface area contributed by atoms with Gasteiger partial charge < -0.3 is 0 Å². The fourth-order valence-electron chi connectivity index (χ4n) is 3.86. The number of rotatable bonds is 22. The van der Waals surface area contributed by atoms with Gasteiger partial charge in [-0.25, -0.2) is 0 Å². The smallest absolute Gasteiger partial charge is 0.0533 e. The zero-order valence-corrected chi connectivity index (χ0v) is 20.3. The van der Waals surface area contributed by atoms with Crippen LogP contribution >= 0.6 is 0 Å². The van der Waals surface area contributed by atoms with Crippen LogP contribution in [0.15, 0.2) is 0 Å². The van der Waals surface area contributed by atoms with Gasteiger partial charge in [0, 0.05) is 0 Å². The van der Waals surface area contributed by atoms with Gasteiger partial charge in [0.1, 0.15) is 0 Å². The second-order valence-corrected chi connectivity index (χ2v) is 8.42. The van der Waals surface area contributed by atoms with E-state index in [4.69, 9.17) is 0 Å². The molecular formula is C27H58. The quantitative estimate of drug-likeness (QED) is 0.163. The van der Waals surface area contributed by atoms with E-state index in [9.17, 15) is 0 Å². The van der Waals surface area contributed by atoms with Gasteiger partial charge in [0.05, 0.1) is 0 Å². The van der Waals surface area contributed by atoms with Crippen LogP contribution in [0.5, 0.6) is 0 Å². The maximum atomic E-state index is 2.30. The first-order valence-electron chi connectivity index (χ1n) is 13.4. The molecule has 0 aromatic heterocycles. The van der Waals surface area contributed by atoms with Crippen molar-refractivity contribution in [1.29, 1.82) is 0 Å². The fraction of sp³-hybridized carbons (Fsp3) is 1.00. The molecule has 0 fully saturated rings. The molecular weight excluding hydrogens is 324 g/mol. The predicted octanol–water partition coefficient (Wildman–Crippen LogP) is 11.0. The van der Waals surface area contributed by atoms with Gasteiger partial charge in [-0.1, -0.05) is 175 Å². The third-order valence-electron chi connectivity index (χ3n) is 5.71. The lowest BCUT2D eigenvalue weighted by Gasteiger charge is -2.04. The third-order valence-corrected chi connectivity index (χ3v) is 5.71. The Bertz CT molecular complexity index is 186. The predicted molar refractivity (Wildman–Crippen MR) is 129 cm³/mol. The lowest BCUT2D eigenvalue weighted by molar-refractivity contribution is 0.519. The van der Waals surface area contributed by atoms with Crippen LogP contribution in [0.3, 0.4) is 0 Å². The number of hydrogen-bond acceptors (Lipinski definition) is 0. The molecule has 0 aromatic carbocycles. The van der Waals surface area contributed by atoms with Gasteiger partial charge in [-0.3, -0.25) is 0 Å². The van der Waals surface area contributed by atoms with E-state index in [2.05, 4.69) is 13.8 Å². The van der Waals surface area contributed by atoms with E-state index >= 15 is 0 Å². The molecule has 0 nitrogen and oxygen atoms in total. The Morgan fingerprint density at radius 1 is 0.222 bits per heavy atom. The highest BCUT2D eigenvalue weighted by molar-refractivity contribution is 4.51. The van der Waals surface area contributed by atoms with E-state index in [0.29, 0.717) is 0 Å². The molecule has 0 aliphatic rings. The molecule has 0 bridgehead atoms. The second-order valence-electron chi connectivity index (χ2n) is 8.42. The van der Waals surface area contributed by atoms with E-state index in [-0.39, 0.29) is 0 Å². The Kier molecular flexibility index (Phi) is 33.2. The molecule has 0 unspecified atom stereocenters. The monoisotopic (exact) mass is 382 g/mol. The normalized spacial score (nSPS) is 10.7. The molecule has 0 amide bonds. The van der Waals surface area contributed by atoms with Gasteiger partial charge in [-0.2, -0.15) is 0 Å². The highest BCUT2D eigenvalue weighted by Gasteiger charge is 1.95. The maximum Gasteiger partial charge on any atom is -0.0533 e. The molecule has 0 spiro atoms. The Morgan fingerprint density at radius 3 is 0.444 bits per heavy atom. The lowest BCUT2D eigenvalue weighted by Crippen LogP contribution is -1.84. The molecule has 0 aliphatic carbocycles. The summed E-state index contributed by atoms with van der Waals surface area (Å²) in [5, 5.41) is 0. The van der Waals surface area contributed by atoms with Crippen molar-refractivity contribution in [3.63, 3.8) is 0 Å². The van der Waals surface area contributed by atoms with Gasteiger partial charge >= 0.3 is 0 Å². The molecule has 0 N–H and O–H groups in total. The molecule has 27 heavy (non-hydrogen) atoms. The van der Waals surface area contributed by atoms with Crippen molar-refractivity contribution in [3.8, 4) is 0 Å². The van der Waals surface area contributed by atoms with Crippen LogP contribution in [0.4, 0.5) is 0 Å². The van der Waals surface area contributed by atoms with Crippen molar-refractivity contribution in [1.82, 2.24) is 0 Å². The molecule has 0 heteroatoms. The van der Waals surface area contributed by atoms with Gasteiger partial charge in [0.25, 0.3) is 0 Å². The summed E-state index contributed by atoms with van der Waals surface area (Å²) < 4.78 is 0. The van der Waals surface area contributed by atoms with Gasteiger partial charge in [-0.05, 0) is 0 Å². The number of hydrogen-bond donors (Lipinski definition) is 0. The van der Waals surface area contributed by atoms with Crippen molar-refractivity contribution in [2.45, 2.75) is 175 Å². The SMILES string of the molecule is CC.CCCCCCCCCCCCCCCCCCCCCCCCC. The zero-order chi connectivity index (χ0) is 20.3. The Balaban J connectivity index is 0. The average molecular weight is 383 g/mol. The van der Waals surface area contributed by atoms with Crippen LogP contribution in [0.2, 0.25) is 0 Å². The minimum absolute atomic E-state index is 1.37. The summed E-state index contributed by atoms with van der Waals surface area (Å²) in [5.41, 5.74) is 0. The van der Waals surface area contributed by atoms with Crippen molar-refractivity contribution in [3.05, 3.63) is 0 Å². The second kappa shape index (κ2) is 30.7. The Hall–Kier alpha value is 0. The maximum absolute atomic E-state index is 2.30. The molecule has 0 saturated carbocycles. The van der Waals surface area contributed by atoms with Crippen LogP contribution in [-0.4, -0.2) is 0 Å². The Labute approximate surface area is 175 Å². The van der Waals surface area contributed by atoms with Crippen LogP contribution < -0.4 is 0 Å². The van der Waals surface area contributed by atoms with Crippen LogP contribution in [-0.2, 0) is 0 Å². The molecule has 0 rings (SSSR count). The minimum atomic E-state index is 1.37. The summed E-state index contributed by atoms with van der Waals surface area (Å²) >= 11 is 0. The molecule has 0 aliphatic heterocycles. The summed E-state index contributed by atoms with van der Waals surface area (Å²) in [4.78, 5) is 0. The summed E-state index contributed by atoms with van der Waals surface area (Å²) in [5.74, 6) is 0. The van der Waals surface area contributed by atoms with Crippen molar-refractivity contribution in [2.75, 3.05) is 0 Å². The van der Waals surface area contributed by atoms with Crippen molar-refractivity contribution in [2.24, 2.45) is 0 Å². The fourth-order valence-corrected chi connectivity index (χ4v) is 3.86. The van der Waals surface area contributed by atoms with Crippen LogP contribution in [0.1, 0.15) is 175 Å². The van der Waals surface area contributed by atoms with E-state index in [1.165, 1.54) is 148 Å². The highest BCUT2D eigenvalue weighted by atomic mass is 14.0. The van der Waals surface area contributed by atoms with Gasteiger partial charge in [0.2, 0.25) is 0 Å². The number of unbranched alkanes of at least 4 members (excludes halogenated alkanes) is 22. The average Bonchev–Trinajstić information content (AvgIpc) is 2.70. The topological polar surface area (TPSA) is 0 Å². The highest BCUT2D eigenvalue weighted by Crippen LogP contribution is 2.15. The van der Waals surface area contributed by atoms with Crippen molar-refractivity contribution >= 4 is 0 Å². The summed E-state index contributed by atoms with van der Waals surface area (Å²) in [6, 6.07) is 0. The summed E-state index contributed by atoms with van der Waals surface area (Å²) in [6.07, 6.45) is 33.9. The lowest BCUT2D eigenvalue weighted by atomic mass is 10.0. The van der Waals surface area contributed by atoms with Gasteiger partial charge in [0.15, 0.2) is 0 Å². The van der Waals surface area contributed by atoms with Crippen molar-refractivity contribution < 1.29 is 0 Å². The van der Waals surface area contributed by atoms with Gasteiger partial charge in [-0.15, -0.1) is 0 Å². The minimum Gasteiger partial charge on any atom is -0.0683 e. The zero-order valence-electron chi connectivity index (χ0n) is 20.3. The summed E-state index contributed by atoms with van der Waals surface area (Å²) in [6.45, 7) is 8.60. The third kappa shape index (κ3) is 30.9. The molecule has 0 heterocycles.